The van der Waals surface area contributed by atoms with Gasteiger partial charge < -0.3 is 14.2 Å². The van der Waals surface area contributed by atoms with Gasteiger partial charge in [0.15, 0.2) is 0 Å². The van der Waals surface area contributed by atoms with Crippen LogP contribution in [0.25, 0.3) is 22.8 Å². The third-order valence-corrected chi connectivity index (χ3v) is 6.95. The van der Waals surface area contributed by atoms with Crippen LogP contribution in [0.4, 0.5) is 0 Å². The Morgan fingerprint density at radius 1 is 1.32 bits per heavy atom. The Bertz CT molecular complexity index is 1500. The molecule has 1 aromatic heterocycles. The lowest BCUT2D eigenvalue weighted by molar-refractivity contribution is -0.125. The van der Waals surface area contributed by atoms with E-state index in [4.69, 9.17) is 9.26 Å². The third kappa shape index (κ3) is 5.86. The molecular formula is C26H27N5O5S. The Labute approximate surface area is 215 Å². The van der Waals surface area contributed by atoms with Crippen LogP contribution < -0.4 is 4.74 Å². The SMILES string of the molecule is CC(C)Oc1ccc(-c2nc(-c3cccc4c3CCC4/C=N/S(=O)(=O)CC(=O)N(C)C)no2)cc1C#N. The molecule has 4 rings (SSSR count). The smallest absolute Gasteiger partial charge is 0.261 e. The molecule has 0 bridgehead atoms. The van der Waals surface area contributed by atoms with Crippen LogP contribution in [0.3, 0.4) is 0 Å². The average molecular weight is 522 g/mol. The van der Waals surface area contributed by atoms with Gasteiger partial charge in [-0.15, -0.1) is 0 Å². The quantitative estimate of drug-likeness (QED) is 0.410. The topological polar surface area (TPSA) is 139 Å². The predicted molar refractivity (Wildman–Crippen MR) is 138 cm³/mol. The lowest BCUT2D eigenvalue weighted by atomic mass is 9.99. The molecule has 2 aromatic carbocycles. The highest BCUT2D eigenvalue weighted by Gasteiger charge is 2.27. The highest BCUT2D eigenvalue weighted by Crippen LogP contribution is 2.38. The number of nitriles is 1. The number of rotatable bonds is 8. The maximum absolute atomic E-state index is 12.3. The molecule has 1 atom stereocenters. The largest absolute Gasteiger partial charge is 0.490 e. The number of aromatic nitrogens is 2. The molecule has 1 heterocycles. The summed E-state index contributed by atoms with van der Waals surface area (Å²) in [5.41, 5.74) is 3.68. The summed E-state index contributed by atoms with van der Waals surface area (Å²) in [7, 11) is -0.918. The number of carbonyl (C=O) groups excluding carboxylic acids is 1. The van der Waals surface area contributed by atoms with Crippen LogP contribution in [0.1, 0.15) is 42.9 Å². The monoisotopic (exact) mass is 521 g/mol. The molecule has 1 amide bonds. The number of amides is 1. The molecule has 1 aliphatic carbocycles. The van der Waals surface area contributed by atoms with Crippen LogP contribution in [0.2, 0.25) is 0 Å². The molecule has 0 fully saturated rings. The second kappa shape index (κ2) is 10.5. The van der Waals surface area contributed by atoms with E-state index in [0.29, 0.717) is 35.5 Å². The molecule has 0 saturated carbocycles. The normalized spacial score (nSPS) is 15.1. The summed E-state index contributed by atoms with van der Waals surface area (Å²) in [5.74, 6) is -0.245. The maximum atomic E-state index is 12.3. The number of hydrogen-bond donors (Lipinski definition) is 0. The standard InChI is InChI=1S/C26H27N5O5S/c1-16(2)35-23-11-9-17(12-19(23)13-27)26-29-25(30-36-26)22-7-5-6-20-18(8-10-21(20)22)14-28-37(33,34)15-24(32)31(3)4/h5-7,9,11-12,14,16,18H,8,10,15H2,1-4H3/b28-14+. The molecular weight excluding hydrogens is 494 g/mol. The summed E-state index contributed by atoms with van der Waals surface area (Å²) in [6.07, 6.45) is 2.69. The minimum Gasteiger partial charge on any atom is -0.490 e. The molecule has 10 nitrogen and oxygen atoms in total. The summed E-state index contributed by atoms with van der Waals surface area (Å²) < 4.78 is 39.5. The van der Waals surface area contributed by atoms with E-state index in [9.17, 15) is 18.5 Å². The van der Waals surface area contributed by atoms with Gasteiger partial charge in [0.25, 0.3) is 15.9 Å². The van der Waals surface area contributed by atoms with Crippen molar-refractivity contribution in [2.75, 3.05) is 19.8 Å². The number of carbonyl (C=O) groups is 1. The number of sulfonamides is 1. The Morgan fingerprint density at radius 2 is 2.11 bits per heavy atom. The van der Waals surface area contributed by atoms with Crippen LogP contribution in [-0.4, -0.2) is 61.5 Å². The van der Waals surface area contributed by atoms with Gasteiger partial charge in [0.05, 0.1) is 11.7 Å². The fraction of sp³-hybridized carbons (Fsp3) is 0.346. The summed E-state index contributed by atoms with van der Waals surface area (Å²) in [6.45, 7) is 3.78. The van der Waals surface area contributed by atoms with Crippen molar-refractivity contribution in [3.63, 3.8) is 0 Å². The molecule has 192 valence electrons. The fourth-order valence-corrected chi connectivity index (χ4v) is 5.07. The average Bonchev–Trinajstić information content (AvgIpc) is 3.50. The third-order valence-electron chi connectivity index (χ3n) is 5.90. The van der Waals surface area contributed by atoms with Crippen molar-refractivity contribution in [3.8, 4) is 34.7 Å². The highest BCUT2D eigenvalue weighted by atomic mass is 32.2. The molecule has 0 spiro atoms. The molecule has 0 saturated heterocycles. The second-order valence-electron chi connectivity index (χ2n) is 9.20. The minimum atomic E-state index is -3.91. The number of fused-ring (bicyclic) bond motifs is 1. The van der Waals surface area contributed by atoms with Gasteiger partial charge in [0.2, 0.25) is 11.7 Å². The van der Waals surface area contributed by atoms with Gasteiger partial charge in [-0.2, -0.15) is 14.6 Å². The molecule has 0 radical (unpaired) electrons. The summed E-state index contributed by atoms with van der Waals surface area (Å²) in [5, 5.41) is 13.7. The van der Waals surface area contributed by atoms with E-state index < -0.39 is 21.7 Å². The highest BCUT2D eigenvalue weighted by molar-refractivity contribution is 7.90. The molecule has 0 aliphatic heterocycles. The summed E-state index contributed by atoms with van der Waals surface area (Å²) in [4.78, 5) is 17.6. The van der Waals surface area contributed by atoms with E-state index in [1.54, 1.807) is 18.2 Å². The lowest BCUT2D eigenvalue weighted by Crippen LogP contribution is -2.28. The van der Waals surface area contributed by atoms with Gasteiger partial charge >= 0.3 is 0 Å². The van der Waals surface area contributed by atoms with E-state index in [2.05, 4.69) is 20.6 Å². The summed E-state index contributed by atoms with van der Waals surface area (Å²) in [6, 6.07) is 12.9. The summed E-state index contributed by atoms with van der Waals surface area (Å²) >= 11 is 0. The Balaban J connectivity index is 1.58. The lowest BCUT2D eigenvalue weighted by Gasteiger charge is -2.11. The molecule has 11 heteroatoms. The Kier molecular flexibility index (Phi) is 7.40. The van der Waals surface area contributed by atoms with Crippen molar-refractivity contribution >= 4 is 22.1 Å². The first-order valence-electron chi connectivity index (χ1n) is 11.7. The molecule has 1 aliphatic rings. The molecule has 3 aromatic rings. The van der Waals surface area contributed by atoms with Crippen LogP contribution in [0.5, 0.6) is 5.75 Å². The molecule has 1 unspecified atom stereocenters. The van der Waals surface area contributed by atoms with Crippen molar-refractivity contribution in [2.24, 2.45) is 4.40 Å². The van der Waals surface area contributed by atoms with Gasteiger partial charge in [-0.3, -0.25) is 4.79 Å². The van der Waals surface area contributed by atoms with Crippen molar-refractivity contribution < 1.29 is 22.5 Å². The van der Waals surface area contributed by atoms with Gasteiger partial charge in [-0.05, 0) is 56.0 Å². The first kappa shape index (κ1) is 26.0. The van der Waals surface area contributed by atoms with Crippen molar-refractivity contribution in [1.82, 2.24) is 15.0 Å². The number of ether oxygens (including phenoxy) is 1. The van der Waals surface area contributed by atoms with Crippen LogP contribution in [0, 0.1) is 11.3 Å². The predicted octanol–water partition coefficient (Wildman–Crippen LogP) is 3.58. The first-order chi connectivity index (χ1) is 17.6. The van der Waals surface area contributed by atoms with E-state index in [0.717, 1.165) is 16.7 Å². The minimum absolute atomic E-state index is 0.0670. The zero-order valence-corrected chi connectivity index (χ0v) is 21.8. The van der Waals surface area contributed by atoms with Crippen LogP contribution in [-0.2, 0) is 21.2 Å². The van der Waals surface area contributed by atoms with Crippen molar-refractivity contribution in [2.45, 2.75) is 38.7 Å². The van der Waals surface area contributed by atoms with E-state index in [1.165, 1.54) is 25.2 Å². The van der Waals surface area contributed by atoms with E-state index >= 15 is 0 Å². The Morgan fingerprint density at radius 3 is 2.81 bits per heavy atom. The zero-order valence-electron chi connectivity index (χ0n) is 21.0. The van der Waals surface area contributed by atoms with Crippen molar-refractivity contribution in [1.29, 1.82) is 5.26 Å². The first-order valence-corrected chi connectivity index (χ1v) is 13.3. The van der Waals surface area contributed by atoms with Gasteiger partial charge in [-0.1, -0.05) is 23.4 Å². The molecule has 37 heavy (non-hydrogen) atoms. The van der Waals surface area contributed by atoms with Gasteiger partial charge in [0, 0.05) is 37.4 Å². The Hall–Kier alpha value is -4.04. The van der Waals surface area contributed by atoms with Gasteiger partial charge in [-0.25, -0.2) is 8.42 Å². The van der Waals surface area contributed by atoms with E-state index in [1.807, 2.05) is 32.0 Å². The van der Waals surface area contributed by atoms with Crippen LogP contribution in [0.15, 0.2) is 45.3 Å². The number of benzene rings is 2. The van der Waals surface area contributed by atoms with Gasteiger partial charge in [0.1, 0.15) is 17.6 Å². The zero-order chi connectivity index (χ0) is 26.7. The second-order valence-corrected chi connectivity index (χ2v) is 10.9. The number of hydrogen-bond acceptors (Lipinski definition) is 8. The number of nitrogens with zero attached hydrogens (tertiary/aromatic N) is 5. The van der Waals surface area contributed by atoms with Crippen LogP contribution >= 0.6 is 0 Å². The van der Waals surface area contributed by atoms with E-state index in [-0.39, 0.29) is 17.9 Å². The fourth-order valence-electron chi connectivity index (χ4n) is 4.10. The maximum Gasteiger partial charge on any atom is 0.261 e. The van der Waals surface area contributed by atoms with Crippen molar-refractivity contribution in [3.05, 3.63) is 53.1 Å². The molecule has 0 N–H and O–H groups in total.